The molecule has 4 amide bonds. The Kier molecular flexibility index (Phi) is 18.8. The molecule has 6 aromatic rings. The fourth-order valence-corrected chi connectivity index (χ4v) is 15.3. The summed E-state index contributed by atoms with van der Waals surface area (Å²) in [6.07, 6.45) is 15.2. The molecule has 7 heterocycles. The summed E-state index contributed by atoms with van der Waals surface area (Å²) in [6.45, 7) is 14.5. The molecule has 1 unspecified atom stereocenters. The number of nitrogens with zero attached hydrogens (tertiary/aromatic N) is 7. The van der Waals surface area contributed by atoms with Crippen molar-refractivity contribution in [2.45, 2.75) is 121 Å². The Labute approximate surface area is 530 Å². The van der Waals surface area contributed by atoms with Crippen LogP contribution in [0.5, 0.6) is 11.5 Å². The first kappa shape index (κ1) is 62.5. The van der Waals surface area contributed by atoms with E-state index in [1.165, 1.54) is 35.0 Å². The smallest absolute Gasteiger partial charge is 0.293 e. The van der Waals surface area contributed by atoms with Gasteiger partial charge in [-0.25, -0.2) is 18.1 Å². The van der Waals surface area contributed by atoms with Gasteiger partial charge in [-0.1, -0.05) is 61.7 Å². The zero-order valence-corrected chi connectivity index (χ0v) is 52.9. The summed E-state index contributed by atoms with van der Waals surface area (Å²) in [7, 11) is -4.62. The van der Waals surface area contributed by atoms with Gasteiger partial charge in [0.1, 0.15) is 28.9 Å². The number of unbranched alkanes of at least 4 members (excludes halogenated alkanes) is 2. The third-order valence-electron chi connectivity index (χ3n) is 19.4. The second-order valence-electron chi connectivity index (χ2n) is 26.0. The average Bonchev–Trinajstić information content (AvgIpc) is 1.60. The minimum atomic E-state index is -4.62. The zero-order chi connectivity index (χ0) is 62.7. The molecule has 22 heteroatoms. The van der Waals surface area contributed by atoms with Crippen LogP contribution in [0.2, 0.25) is 5.02 Å². The van der Waals surface area contributed by atoms with Crippen molar-refractivity contribution in [3.63, 3.8) is 0 Å². The number of ether oxygens (including phenoxy) is 1. The summed E-state index contributed by atoms with van der Waals surface area (Å²) in [5.41, 5.74) is 8.33. The molecule has 0 bridgehead atoms. The number of halogens is 1. The number of H-pyrrole nitrogens is 1. The number of carbonyl (C=O) groups is 4. The third-order valence-corrected chi connectivity index (χ3v) is 21.0. The van der Waals surface area contributed by atoms with E-state index in [1.54, 1.807) is 35.4 Å². The van der Waals surface area contributed by atoms with Crippen LogP contribution >= 0.6 is 11.6 Å². The van der Waals surface area contributed by atoms with Crippen molar-refractivity contribution in [1.29, 1.82) is 0 Å². The van der Waals surface area contributed by atoms with Gasteiger partial charge in [0.15, 0.2) is 0 Å². The topological polar surface area (TPSA) is 236 Å². The summed E-state index contributed by atoms with van der Waals surface area (Å²) in [5.74, 6) is -1.04. The number of aromatic nitrogens is 2. The Morgan fingerprint density at radius 3 is 2.41 bits per heavy atom. The fraction of sp³-hybridized carbons (Fsp3) is 0.456. The van der Waals surface area contributed by atoms with E-state index < -0.39 is 43.4 Å². The summed E-state index contributed by atoms with van der Waals surface area (Å²) >= 11 is 6.28. The molecule has 12 rings (SSSR count). The Morgan fingerprint density at radius 1 is 0.856 bits per heavy atom. The van der Waals surface area contributed by atoms with Crippen LogP contribution in [0.3, 0.4) is 0 Å². The highest BCUT2D eigenvalue weighted by Gasteiger charge is 2.40. The quantitative estimate of drug-likeness (QED) is 0.0227. The Morgan fingerprint density at radius 2 is 1.64 bits per heavy atom. The number of amides is 4. The van der Waals surface area contributed by atoms with Crippen molar-refractivity contribution in [3.05, 3.63) is 152 Å². The molecule has 4 N–H and O–H groups in total. The van der Waals surface area contributed by atoms with Gasteiger partial charge < -0.3 is 34.6 Å². The molecule has 20 nitrogen and oxygen atoms in total. The highest BCUT2D eigenvalue weighted by molar-refractivity contribution is 7.90. The number of aromatic amines is 1. The first-order valence-electron chi connectivity index (χ1n) is 31.9. The number of nitro benzene ring substituents is 1. The monoisotopic (exact) mass is 1260 g/mol. The van der Waals surface area contributed by atoms with Crippen LogP contribution < -0.4 is 25.0 Å². The molecule has 0 radical (unpaired) electrons. The SMILES string of the molecule is CC1(C)CCC(CN2CCN(c3ccc(C(=O)NS(=O)(=O)c4ccc(NCC5CCN(C6CCN(CCCCCc7cccc8c7CN(C7CCC(=O)NC7=O)C8=O)CC6)CC5)c([N+](=O)[O-])c4)c(Oc4cnc5[nH]ccc5c4)c3)CC2)=C(c2ccc(Cl)cc2)C1. The molecule has 1 atom stereocenters. The number of fused-ring (bicyclic) bond motifs is 2. The number of sulfonamides is 1. The van der Waals surface area contributed by atoms with E-state index in [-0.39, 0.29) is 46.6 Å². The number of nitro groups is 1. The van der Waals surface area contributed by atoms with Gasteiger partial charge in [0.25, 0.3) is 27.5 Å². The van der Waals surface area contributed by atoms with Gasteiger partial charge in [0, 0.05) is 98.3 Å². The molecule has 4 saturated heterocycles. The lowest BCUT2D eigenvalue weighted by atomic mass is 9.72. The molecule has 474 valence electrons. The standard InChI is InChI=1S/C68H80ClN11O9S/c1-68(2)26-20-49(57(40-68)47-10-12-50(69)13-11-47)43-76-33-35-78(36-34-76)52-14-16-56(62(38-52)89-53-37-48-21-27-70-64(48)72-42-53)65(82)74-90(87,88)54-15-17-59(61(39-54)80(85)86)71-41-45-22-31-77(32-23-45)51-24-29-75(30-25-51)28-5-3-4-7-46-8-6-9-55-58(46)44-79(67(55)84)60-18-19-63(81)73-66(60)83/h6,8-17,21,27,37-39,42,45,51,60,71H,3-5,7,18-20,22-26,28-36,40-41,43-44H2,1-2H3,(H,70,72)(H,74,82)(H,73,81,83). The molecule has 2 aromatic heterocycles. The predicted octanol–water partition coefficient (Wildman–Crippen LogP) is 10.6. The number of hydrogen-bond donors (Lipinski definition) is 4. The van der Waals surface area contributed by atoms with Gasteiger partial charge in [-0.05, 0) is 192 Å². The van der Waals surface area contributed by atoms with E-state index in [1.807, 2.05) is 30.3 Å². The highest BCUT2D eigenvalue weighted by Crippen LogP contribution is 2.44. The number of allylic oxidation sites excluding steroid dienone is 1. The Bertz CT molecular complexity index is 3830. The van der Waals surface area contributed by atoms with E-state index in [4.69, 9.17) is 16.3 Å². The molecule has 4 fully saturated rings. The van der Waals surface area contributed by atoms with Crippen LogP contribution in [0.25, 0.3) is 16.6 Å². The summed E-state index contributed by atoms with van der Waals surface area (Å²) < 4.78 is 36.6. The molecular weight excluding hydrogens is 1180 g/mol. The van der Waals surface area contributed by atoms with E-state index >= 15 is 0 Å². The van der Waals surface area contributed by atoms with Crippen molar-refractivity contribution in [2.24, 2.45) is 11.3 Å². The van der Waals surface area contributed by atoms with Gasteiger partial charge in [-0.3, -0.25) is 39.5 Å². The van der Waals surface area contributed by atoms with Gasteiger partial charge in [0.2, 0.25) is 11.8 Å². The summed E-state index contributed by atoms with van der Waals surface area (Å²) in [4.78, 5) is 82.3. The minimum Gasteiger partial charge on any atom is -0.455 e. The molecule has 90 heavy (non-hydrogen) atoms. The van der Waals surface area contributed by atoms with Crippen LogP contribution in [0.1, 0.15) is 128 Å². The van der Waals surface area contributed by atoms with Gasteiger partial charge >= 0.3 is 0 Å². The first-order valence-corrected chi connectivity index (χ1v) is 33.8. The lowest BCUT2D eigenvalue weighted by Crippen LogP contribution is -2.52. The van der Waals surface area contributed by atoms with Crippen molar-refractivity contribution >= 4 is 78.9 Å². The van der Waals surface area contributed by atoms with Crippen molar-refractivity contribution in [1.82, 2.24) is 39.6 Å². The predicted molar refractivity (Wildman–Crippen MR) is 347 cm³/mol. The van der Waals surface area contributed by atoms with E-state index in [0.717, 1.165) is 156 Å². The molecule has 5 aliphatic heterocycles. The van der Waals surface area contributed by atoms with Crippen LogP contribution in [0, 0.1) is 21.4 Å². The maximum absolute atomic E-state index is 14.2. The third kappa shape index (κ3) is 14.4. The van der Waals surface area contributed by atoms with Crippen LogP contribution in [-0.4, -0.2) is 151 Å². The number of pyridine rings is 1. The molecule has 0 saturated carbocycles. The number of aryl methyl sites for hydroxylation is 1. The first-order chi connectivity index (χ1) is 43.4. The maximum atomic E-state index is 14.2. The number of carbonyl (C=O) groups excluding carboxylic acids is 4. The Balaban J connectivity index is 0.612. The van der Waals surface area contributed by atoms with E-state index in [0.29, 0.717) is 55.6 Å². The molecule has 1 aliphatic carbocycles. The molecule has 6 aliphatic rings. The average molecular weight is 1260 g/mol. The largest absolute Gasteiger partial charge is 0.455 e. The second-order valence-corrected chi connectivity index (χ2v) is 28.1. The van der Waals surface area contributed by atoms with Gasteiger partial charge in [-0.2, -0.15) is 0 Å². The van der Waals surface area contributed by atoms with Gasteiger partial charge in [0.05, 0.1) is 21.6 Å². The number of imide groups is 1. The number of rotatable bonds is 21. The van der Waals surface area contributed by atoms with Crippen molar-refractivity contribution < 1.29 is 37.3 Å². The number of hydrogen-bond acceptors (Lipinski definition) is 15. The number of benzene rings is 4. The zero-order valence-electron chi connectivity index (χ0n) is 51.3. The van der Waals surface area contributed by atoms with Crippen molar-refractivity contribution in [3.8, 4) is 11.5 Å². The lowest BCUT2D eigenvalue weighted by Gasteiger charge is -2.42. The summed E-state index contributed by atoms with van der Waals surface area (Å²) in [6, 6.07) is 26.3. The number of nitrogens with one attached hydrogen (secondary N) is 4. The Hall–Kier alpha value is -7.69. The number of piperidine rings is 3. The second kappa shape index (κ2) is 27.0. The maximum Gasteiger partial charge on any atom is 0.293 e. The van der Waals surface area contributed by atoms with Crippen molar-refractivity contribution in [2.75, 3.05) is 82.2 Å². The molecular formula is C68H80ClN11O9S. The number of likely N-dealkylation sites (tertiary alicyclic amines) is 2. The molecule has 4 aromatic carbocycles. The number of anilines is 2. The van der Waals surface area contributed by atoms with Crippen LogP contribution in [0.15, 0.2) is 114 Å². The fourth-order valence-electron chi connectivity index (χ4n) is 14.2. The molecule has 0 spiro atoms. The highest BCUT2D eigenvalue weighted by atomic mass is 35.5. The number of piperazine rings is 1. The van der Waals surface area contributed by atoms with Gasteiger partial charge in [-0.15, -0.1) is 0 Å². The van der Waals surface area contributed by atoms with E-state index in [9.17, 15) is 37.7 Å². The van der Waals surface area contributed by atoms with E-state index in [2.05, 4.69) is 77.0 Å². The normalized spacial score (nSPS) is 19.9. The lowest BCUT2D eigenvalue weighted by molar-refractivity contribution is -0.384. The minimum absolute atomic E-state index is 0.0431. The van der Waals surface area contributed by atoms with Crippen LogP contribution in [-0.2, 0) is 32.6 Å². The van der Waals surface area contributed by atoms with Crippen LogP contribution in [0.4, 0.5) is 17.1 Å². The summed E-state index contributed by atoms with van der Waals surface area (Å²) in [5, 5.41) is 19.7.